The highest BCUT2D eigenvalue weighted by atomic mass is 32.2. The first kappa shape index (κ1) is 13.5. The Hall–Kier alpha value is -1.94. The number of nitrogens with two attached hydrogens (primary N) is 1. The number of thioether (sulfide) groups is 1. The molecule has 2 rings (SSSR count). The molecule has 0 bridgehead atoms. The summed E-state index contributed by atoms with van der Waals surface area (Å²) in [4.78, 5) is 4.36. The zero-order chi connectivity index (χ0) is 13.5. The predicted octanol–water partition coefficient (Wildman–Crippen LogP) is 3.57. The van der Waals surface area contributed by atoms with Gasteiger partial charge in [0.1, 0.15) is 5.75 Å². The molecule has 0 saturated carbocycles. The topological polar surface area (TPSA) is 47.6 Å². The third kappa shape index (κ3) is 4.34. The summed E-state index contributed by atoms with van der Waals surface area (Å²) >= 11 is 1.52. The Labute approximate surface area is 117 Å². The van der Waals surface area contributed by atoms with E-state index < -0.39 is 0 Å². The first-order chi connectivity index (χ1) is 9.28. The van der Waals surface area contributed by atoms with E-state index in [4.69, 9.17) is 10.5 Å². The molecule has 0 aliphatic rings. The minimum absolute atomic E-state index is 0.553. The largest absolute Gasteiger partial charge is 0.497 e. The van der Waals surface area contributed by atoms with Gasteiger partial charge in [-0.2, -0.15) is 0 Å². The van der Waals surface area contributed by atoms with Gasteiger partial charge in [0.05, 0.1) is 12.8 Å². The van der Waals surface area contributed by atoms with Crippen LogP contribution in [0.1, 0.15) is 5.56 Å². The van der Waals surface area contributed by atoms with E-state index in [-0.39, 0.29) is 0 Å². The average molecular weight is 272 g/mol. The van der Waals surface area contributed by atoms with Crippen molar-refractivity contribution in [2.45, 2.75) is 5.75 Å². The number of rotatable bonds is 4. The highest BCUT2D eigenvalue weighted by molar-refractivity contribution is 8.13. The molecule has 0 radical (unpaired) electrons. The monoisotopic (exact) mass is 272 g/mol. The number of amidine groups is 1. The second-order valence-corrected chi connectivity index (χ2v) is 4.92. The zero-order valence-corrected chi connectivity index (χ0v) is 11.6. The van der Waals surface area contributed by atoms with Crippen LogP contribution in [0.15, 0.2) is 59.6 Å². The van der Waals surface area contributed by atoms with Gasteiger partial charge in [-0.3, -0.25) is 0 Å². The number of hydrogen-bond donors (Lipinski definition) is 1. The Morgan fingerprint density at radius 1 is 1.16 bits per heavy atom. The van der Waals surface area contributed by atoms with Gasteiger partial charge in [-0.25, -0.2) is 4.99 Å². The van der Waals surface area contributed by atoms with Crippen LogP contribution in [-0.4, -0.2) is 12.3 Å². The molecule has 2 aromatic rings. The standard InChI is InChI=1S/C15H16N2OS/c1-18-14-9-5-8-13(10-14)17-15(16)19-11-12-6-3-2-4-7-12/h2-10H,11H2,1H3,(H2,16,17). The van der Waals surface area contributed by atoms with Crippen molar-refractivity contribution in [2.24, 2.45) is 10.7 Å². The Morgan fingerprint density at radius 3 is 2.68 bits per heavy atom. The van der Waals surface area contributed by atoms with E-state index in [0.717, 1.165) is 17.2 Å². The van der Waals surface area contributed by atoms with Gasteiger partial charge in [0.15, 0.2) is 5.17 Å². The van der Waals surface area contributed by atoms with Gasteiger partial charge in [-0.05, 0) is 17.7 Å². The van der Waals surface area contributed by atoms with Gasteiger partial charge in [0.25, 0.3) is 0 Å². The van der Waals surface area contributed by atoms with Crippen molar-refractivity contribution in [3.63, 3.8) is 0 Å². The highest BCUT2D eigenvalue weighted by Crippen LogP contribution is 2.21. The summed E-state index contributed by atoms with van der Waals surface area (Å²) in [5.41, 5.74) is 7.95. The normalized spacial score (nSPS) is 11.3. The lowest BCUT2D eigenvalue weighted by atomic mass is 10.2. The number of hydrogen-bond acceptors (Lipinski definition) is 3. The Morgan fingerprint density at radius 2 is 1.95 bits per heavy atom. The van der Waals surface area contributed by atoms with E-state index in [1.54, 1.807) is 7.11 Å². The van der Waals surface area contributed by atoms with Gasteiger partial charge >= 0.3 is 0 Å². The van der Waals surface area contributed by atoms with Crippen LogP contribution >= 0.6 is 11.8 Å². The molecule has 4 heteroatoms. The molecule has 0 aromatic heterocycles. The van der Waals surface area contributed by atoms with E-state index in [1.165, 1.54) is 17.3 Å². The molecule has 98 valence electrons. The Kier molecular flexibility index (Phi) is 4.86. The minimum Gasteiger partial charge on any atom is -0.497 e. The summed E-state index contributed by atoms with van der Waals surface area (Å²) in [6, 6.07) is 17.7. The summed E-state index contributed by atoms with van der Waals surface area (Å²) in [5, 5.41) is 0.553. The van der Waals surface area contributed by atoms with Crippen molar-refractivity contribution in [2.75, 3.05) is 7.11 Å². The molecule has 0 fully saturated rings. The van der Waals surface area contributed by atoms with Crippen molar-refractivity contribution in [3.8, 4) is 5.75 Å². The van der Waals surface area contributed by atoms with Crippen molar-refractivity contribution in [1.29, 1.82) is 0 Å². The molecule has 0 aliphatic heterocycles. The zero-order valence-electron chi connectivity index (χ0n) is 10.7. The summed E-state index contributed by atoms with van der Waals surface area (Å²) in [6.45, 7) is 0. The first-order valence-electron chi connectivity index (χ1n) is 5.93. The maximum atomic E-state index is 5.92. The minimum atomic E-state index is 0.553. The fourth-order valence-electron chi connectivity index (χ4n) is 1.57. The molecule has 0 amide bonds. The van der Waals surface area contributed by atoms with Gasteiger partial charge in [0.2, 0.25) is 0 Å². The van der Waals surface area contributed by atoms with E-state index in [2.05, 4.69) is 17.1 Å². The van der Waals surface area contributed by atoms with E-state index >= 15 is 0 Å². The first-order valence-corrected chi connectivity index (χ1v) is 6.91. The third-order valence-electron chi connectivity index (χ3n) is 2.52. The molecule has 2 aromatic carbocycles. The van der Waals surface area contributed by atoms with Crippen molar-refractivity contribution >= 4 is 22.6 Å². The summed E-state index contributed by atoms with van der Waals surface area (Å²) in [5.74, 6) is 1.60. The summed E-state index contributed by atoms with van der Waals surface area (Å²) in [7, 11) is 1.64. The van der Waals surface area contributed by atoms with Gasteiger partial charge in [-0.15, -0.1) is 0 Å². The summed E-state index contributed by atoms with van der Waals surface area (Å²) in [6.07, 6.45) is 0. The molecule has 3 nitrogen and oxygen atoms in total. The van der Waals surface area contributed by atoms with Crippen LogP contribution in [0, 0.1) is 0 Å². The number of methoxy groups -OCH3 is 1. The molecule has 0 spiro atoms. The lowest BCUT2D eigenvalue weighted by Crippen LogP contribution is -2.06. The van der Waals surface area contributed by atoms with Crippen LogP contribution in [0.2, 0.25) is 0 Å². The van der Waals surface area contributed by atoms with Gasteiger partial charge in [0, 0.05) is 11.8 Å². The Bertz CT molecular complexity index is 555. The molecule has 0 saturated heterocycles. The maximum Gasteiger partial charge on any atom is 0.159 e. The molecule has 0 unspecified atom stereocenters. The van der Waals surface area contributed by atoms with Gasteiger partial charge in [-0.1, -0.05) is 48.2 Å². The van der Waals surface area contributed by atoms with Crippen LogP contribution < -0.4 is 10.5 Å². The van der Waals surface area contributed by atoms with Crippen LogP contribution in [-0.2, 0) is 5.75 Å². The molecule has 19 heavy (non-hydrogen) atoms. The van der Waals surface area contributed by atoms with E-state index in [1.807, 2.05) is 42.5 Å². The smallest absolute Gasteiger partial charge is 0.159 e. The maximum absolute atomic E-state index is 5.92. The van der Waals surface area contributed by atoms with Crippen LogP contribution in [0.25, 0.3) is 0 Å². The second-order valence-electron chi connectivity index (χ2n) is 3.93. The second kappa shape index (κ2) is 6.85. The molecule has 0 aliphatic carbocycles. The summed E-state index contributed by atoms with van der Waals surface area (Å²) < 4.78 is 5.15. The van der Waals surface area contributed by atoms with Crippen LogP contribution in [0.3, 0.4) is 0 Å². The molecule has 0 heterocycles. The molecular formula is C15H16N2OS. The van der Waals surface area contributed by atoms with Crippen molar-refractivity contribution < 1.29 is 4.74 Å². The lowest BCUT2D eigenvalue weighted by Gasteiger charge is -2.03. The van der Waals surface area contributed by atoms with Crippen molar-refractivity contribution in [3.05, 3.63) is 60.2 Å². The predicted molar refractivity (Wildman–Crippen MR) is 82.0 cm³/mol. The van der Waals surface area contributed by atoms with E-state index in [9.17, 15) is 0 Å². The fourth-order valence-corrected chi connectivity index (χ4v) is 2.25. The molecule has 0 atom stereocenters. The van der Waals surface area contributed by atoms with E-state index in [0.29, 0.717) is 5.17 Å². The quantitative estimate of drug-likeness (QED) is 0.683. The lowest BCUT2D eigenvalue weighted by molar-refractivity contribution is 0.415. The molecule has 2 N–H and O–H groups in total. The number of benzene rings is 2. The van der Waals surface area contributed by atoms with Crippen LogP contribution in [0.4, 0.5) is 5.69 Å². The number of aliphatic imine (C=N–C) groups is 1. The highest BCUT2D eigenvalue weighted by Gasteiger charge is 1.98. The average Bonchev–Trinajstić information content (AvgIpc) is 2.46. The van der Waals surface area contributed by atoms with Crippen LogP contribution in [0.5, 0.6) is 5.75 Å². The number of ether oxygens (including phenoxy) is 1. The number of nitrogens with zero attached hydrogens (tertiary/aromatic N) is 1. The van der Waals surface area contributed by atoms with Gasteiger partial charge < -0.3 is 10.5 Å². The molecular weight excluding hydrogens is 256 g/mol. The Balaban J connectivity index is 1.98. The third-order valence-corrected chi connectivity index (χ3v) is 3.39. The van der Waals surface area contributed by atoms with Crippen molar-refractivity contribution in [1.82, 2.24) is 0 Å². The SMILES string of the molecule is COc1cccc(N=C(N)SCc2ccccc2)c1. The fraction of sp³-hybridized carbons (Fsp3) is 0.133.